The van der Waals surface area contributed by atoms with E-state index < -0.39 is 0 Å². The van der Waals surface area contributed by atoms with Crippen molar-refractivity contribution >= 4 is 33.4 Å². The number of carbonyl (C=O) groups excluding carboxylic acids is 2. The van der Waals surface area contributed by atoms with E-state index in [4.69, 9.17) is 4.74 Å². The Morgan fingerprint density at radius 1 is 1.18 bits per heavy atom. The minimum Gasteiger partial charge on any atom is -0.468 e. The number of methoxy groups -OCH3 is 1. The fourth-order valence-corrected chi connectivity index (χ4v) is 7.32. The number of ether oxygens (including phenoxy) is 1. The maximum atomic E-state index is 13.4. The highest BCUT2D eigenvalue weighted by molar-refractivity contribution is 7.16. The molecule has 0 saturated heterocycles. The first-order valence-corrected chi connectivity index (χ1v) is 11.0. The van der Waals surface area contributed by atoms with Gasteiger partial charge in [0.15, 0.2) is 4.80 Å². The molecule has 1 heterocycles. The summed E-state index contributed by atoms with van der Waals surface area (Å²) >= 11 is 1.49. The van der Waals surface area contributed by atoms with Gasteiger partial charge in [-0.2, -0.15) is 4.99 Å². The summed E-state index contributed by atoms with van der Waals surface area (Å²) in [7, 11) is 1.39. The molecule has 0 spiro atoms. The van der Waals surface area contributed by atoms with E-state index in [0.29, 0.717) is 22.6 Å². The fourth-order valence-electron chi connectivity index (χ4n) is 6.19. The molecule has 0 aliphatic heterocycles. The van der Waals surface area contributed by atoms with Crippen LogP contribution in [0.3, 0.4) is 0 Å². The van der Waals surface area contributed by atoms with Gasteiger partial charge in [-0.15, -0.1) is 0 Å². The SMILES string of the molecule is COC(=O)Cn1c(=NC(=O)C23CC4CC(CC(C4)C2)C3)sc2cc(C)ccc21. The lowest BCUT2D eigenvalue weighted by atomic mass is 9.49. The van der Waals surface area contributed by atoms with Crippen molar-refractivity contribution < 1.29 is 14.3 Å². The van der Waals surface area contributed by atoms with E-state index in [1.807, 2.05) is 23.6 Å². The van der Waals surface area contributed by atoms with Gasteiger partial charge >= 0.3 is 5.97 Å². The van der Waals surface area contributed by atoms with Crippen LogP contribution in [0.4, 0.5) is 0 Å². The molecule has 0 N–H and O–H groups in total. The predicted molar refractivity (Wildman–Crippen MR) is 108 cm³/mol. The van der Waals surface area contributed by atoms with Crippen molar-refractivity contribution in [3.8, 4) is 0 Å². The third-order valence-electron chi connectivity index (χ3n) is 7.04. The van der Waals surface area contributed by atoms with Gasteiger partial charge < -0.3 is 9.30 Å². The Morgan fingerprint density at radius 2 is 1.82 bits per heavy atom. The molecule has 0 atom stereocenters. The monoisotopic (exact) mass is 398 g/mol. The summed E-state index contributed by atoms with van der Waals surface area (Å²) in [6.07, 6.45) is 6.91. The Morgan fingerprint density at radius 3 is 2.43 bits per heavy atom. The lowest BCUT2D eigenvalue weighted by Crippen LogP contribution is -2.50. The van der Waals surface area contributed by atoms with E-state index in [9.17, 15) is 9.59 Å². The number of benzene rings is 1. The Hall–Kier alpha value is -1.95. The van der Waals surface area contributed by atoms with Crippen LogP contribution in [-0.4, -0.2) is 23.6 Å². The second-order valence-corrected chi connectivity index (χ2v) is 10.1. The quantitative estimate of drug-likeness (QED) is 0.739. The molecule has 6 heteroatoms. The molecule has 148 valence electrons. The molecule has 0 radical (unpaired) electrons. The van der Waals surface area contributed by atoms with Gasteiger partial charge in [0.05, 0.1) is 22.7 Å². The number of nitrogens with zero attached hydrogens (tertiary/aromatic N) is 2. The van der Waals surface area contributed by atoms with E-state index in [0.717, 1.165) is 35.0 Å². The second kappa shape index (κ2) is 6.55. The zero-order valence-corrected chi connectivity index (χ0v) is 17.3. The van der Waals surface area contributed by atoms with Crippen molar-refractivity contribution in [3.63, 3.8) is 0 Å². The number of amides is 1. The molecule has 5 nitrogen and oxygen atoms in total. The molecule has 1 aromatic carbocycles. The van der Waals surface area contributed by atoms with Crippen molar-refractivity contribution in [2.45, 2.75) is 52.0 Å². The van der Waals surface area contributed by atoms with Gasteiger partial charge in [-0.05, 0) is 80.9 Å². The normalized spacial score (nSPS) is 31.5. The largest absolute Gasteiger partial charge is 0.468 e. The second-order valence-electron chi connectivity index (χ2n) is 9.13. The topological polar surface area (TPSA) is 60.7 Å². The van der Waals surface area contributed by atoms with Crippen molar-refractivity contribution in [1.82, 2.24) is 4.57 Å². The third kappa shape index (κ3) is 2.93. The van der Waals surface area contributed by atoms with Crippen LogP contribution in [0.15, 0.2) is 23.2 Å². The van der Waals surface area contributed by atoms with Crippen LogP contribution in [0.5, 0.6) is 0 Å². The molecule has 1 aromatic heterocycles. The van der Waals surface area contributed by atoms with Crippen molar-refractivity contribution in [2.75, 3.05) is 7.11 Å². The lowest BCUT2D eigenvalue weighted by Gasteiger charge is -2.55. The number of fused-ring (bicyclic) bond motifs is 1. The van der Waals surface area contributed by atoms with Gasteiger partial charge in [-0.25, -0.2) is 0 Å². The summed E-state index contributed by atoms with van der Waals surface area (Å²) in [5.74, 6) is 1.82. The summed E-state index contributed by atoms with van der Waals surface area (Å²) in [6.45, 7) is 2.12. The van der Waals surface area contributed by atoms with Crippen LogP contribution in [0.1, 0.15) is 44.1 Å². The zero-order chi connectivity index (χ0) is 19.5. The highest BCUT2D eigenvalue weighted by Crippen LogP contribution is 2.60. The maximum absolute atomic E-state index is 13.4. The number of carbonyl (C=O) groups is 2. The number of esters is 1. The first-order valence-electron chi connectivity index (χ1n) is 10.2. The van der Waals surface area contributed by atoms with Gasteiger partial charge in [0.25, 0.3) is 5.91 Å². The molecule has 4 bridgehead atoms. The van der Waals surface area contributed by atoms with E-state index in [2.05, 4.69) is 11.1 Å². The molecule has 4 fully saturated rings. The van der Waals surface area contributed by atoms with Gasteiger partial charge in [-0.1, -0.05) is 17.4 Å². The Kier molecular flexibility index (Phi) is 4.23. The first kappa shape index (κ1) is 18.1. The highest BCUT2D eigenvalue weighted by atomic mass is 32.1. The lowest BCUT2D eigenvalue weighted by molar-refractivity contribution is -0.143. The van der Waals surface area contributed by atoms with Gasteiger partial charge in [0.2, 0.25) is 0 Å². The summed E-state index contributed by atoms with van der Waals surface area (Å²) in [5, 5.41) is 0. The van der Waals surface area contributed by atoms with Gasteiger partial charge in [0.1, 0.15) is 6.54 Å². The van der Waals surface area contributed by atoms with Crippen LogP contribution < -0.4 is 4.80 Å². The van der Waals surface area contributed by atoms with Crippen molar-refractivity contribution in [3.05, 3.63) is 28.6 Å². The molecule has 6 rings (SSSR count). The van der Waals surface area contributed by atoms with Crippen LogP contribution in [0.2, 0.25) is 0 Å². The molecular formula is C22H26N2O3S. The fraction of sp³-hybridized carbons (Fsp3) is 0.591. The first-order chi connectivity index (χ1) is 13.5. The number of thiazole rings is 1. The smallest absolute Gasteiger partial charge is 0.325 e. The van der Waals surface area contributed by atoms with E-state index in [1.165, 1.54) is 37.7 Å². The van der Waals surface area contributed by atoms with E-state index in [1.54, 1.807) is 0 Å². The number of hydrogen-bond donors (Lipinski definition) is 0. The van der Waals surface area contributed by atoms with Gasteiger partial charge in [-0.3, -0.25) is 9.59 Å². The van der Waals surface area contributed by atoms with Crippen molar-refractivity contribution in [1.29, 1.82) is 0 Å². The standard InChI is InChI=1S/C22H26N2O3S/c1-13-3-4-17-18(5-13)28-21(24(17)12-19(25)27-2)23-20(26)22-9-14-6-15(10-22)8-16(7-14)11-22/h3-5,14-16H,6-12H2,1-2H3. The van der Waals surface area contributed by atoms with E-state index >= 15 is 0 Å². The number of aryl methyl sites for hydroxylation is 1. The molecule has 4 aliphatic rings. The summed E-state index contributed by atoms with van der Waals surface area (Å²) in [6, 6.07) is 6.10. The molecule has 4 aliphatic carbocycles. The van der Waals surface area contributed by atoms with Crippen LogP contribution in [-0.2, 0) is 20.9 Å². The maximum Gasteiger partial charge on any atom is 0.325 e. The Labute approximate surface area is 168 Å². The van der Waals surface area contributed by atoms with Crippen molar-refractivity contribution in [2.24, 2.45) is 28.2 Å². The third-order valence-corrected chi connectivity index (χ3v) is 8.08. The number of hydrogen-bond acceptors (Lipinski definition) is 4. The Bertz CT molecular complexity index is 997. The predicted octanol–water partition coefficient (Wildman–Crippen LogP) is 3.83. The summed E-state index contributed by atoms with van der Waals surface area (Å²) in [4.78, 5) is 30.7. The number of aromatic nitrogens is 1. The summed E-state index contributed by atoms with van der Waals surface area (Å²) < 4.78 is 7.75. The average Bonchev–Trinajstić information content (AvgIpc) is 2.96. The average molecular weight is 399 g/mol. The molecule has 4 saturated carbocycles. The minimum absolute atomic E-state index is 0.0356. The summed E-state index contributed by atoms with van der Waals surface area (Å²) in [5.41, 5.74) is 1.82. The number of rotatable bonds is 3. The Balaban J connectivity index is 1.58. The molecule has 0 unspecified atom stereocenters. The molecule has 2 aromatic rings. The minimum atomic E-state index is -0.330. The zero-order valence-electron chi connectivity index (χ0n) is 16.4. The molecule has 1 amide bonds. The van der Waals surface area contributed by atoms with Crippen LogP contribution in [0, 0.1) is 30.1 Å². The van der Waals surface area contributed by atoms with Gasteiger partial charge in [0, 0.05) is 0 Å². The van der Waals surface area contributed by atoms with Crippen LogP contribution >= 0.6 is 11.3 Å². The van der Waals surface area contributed by atoms with Crippen LogP contribution in [0.25, 0.3) is 10.2 Å². The van der Waals surface area contributed by atoms with E-state index in [-0.39, 0.29) is 23.8 Å². The highest BCUT2D eigenvalue weighted by Gasteiger charge is 2.54. The molecular weight excluding hydrogens is 372 g/mol. The molecule has 28 heavy (non-hydrogen) atoms.